The number of rotatable bonds is 4. The number of hydrogen-bond donors (Lipinski definition) is 1. The van der Waals surface area contributed by atoms with E-state index in [-0.39, 0.29) is 5.91 Å². The standard InChI is InChI=1S/C16H29NO2.C2H6/c1-3-7-15-10-14(17-12(2)18)11-16(19-15)13-8-5-4-6-9-13;1-2/h13-16H,3-11H2,1-2H3,(H,17,18);1-2H3/t14-,15+,16?;/m0./s1. The molecule has 0 radical (unpaired) electrons. The Bertz CT molecular complexity index is 287. The van der Waals surface area contributed by atoms with Crippen LogP contribution in [0.1, 0.15) is 85.5 Å². The van der Waals surface area contributed by atoms with Crippen LogP contribution in [-0.2, 0) is 9.53 Å². The Labute approximate surface area is 131 Å². The van der Waals surface area contributed by atoms with Crippen LogP contribution in [-0.4, -0.2) is 24.2 Å². The van der Waals surface area contributed by atoms with Crippen molar-refractivity contribution in [2.45, 2.75) is 104 Å². The van der Waals surface area contributed by atoms with Gasteiger partial charge in [-0.3, -0.25) is 4.79 Å². The molecule has 1 amide bonds. The molecule has 124 valence electrons. The van der Waals surface area contributed by atoms with Crippen LogP contribution in [0.4, 0.5) is 0 Å². The Hall–Kier alpha value is -0.570. The van der Waals surface area contributed by atoms with Crippen molar-refractivity contribution >= 4 is 5.91 Å². The summed E-state index contributed by atoms with van der Waals surface area (Å²) in [5.41, 5.74) is 0. The monoisotopic (exact) mass is 297 g/mol. The Morgan fingerprint density at radius 3 is 2.38 bits per heavy atom. The average molecular weight is 297 g/mol. The van der Waals surface area contributed by atoms with Gasteiger partial charge in [-0.05, 0) is 38.0 Å². The SMILES string of the molecule is CC.CCC[C@@H]1C[C@H](NC(C)=O)CC(C2CCCCC2)O1. The zero-order valence-electron chi connectivity index (χ0n) is 14.5. The van der Waals surface area contributed by atoms with E-state index in [0.29, 0.717) is 18.2 Å². The fourth-order valence-electron chi connectivity index (χ4n) is 3.77. The van der Waals surface area contributed by atoms with Gasteiger partial charge in [0.05, 0.1) is 12.2 Å². The zero-order chi connectivity index (χ0) is 15.7. The summed E-state index contributed by atoms with van der Waals surface area (Å²) < 4.78 is 6.33. The third-order valence-electron chi connectivity index (χ3n) is 4.63. The van der Waals surface area contributed by atoms with E-state index >= 15 is 0 Å². The maximum atomic E-state index is 11.3. The molecule has 2 rings (SSSR count). The maximum Gasteiger partial charge on any atom is 0.217 e. The Balaban J connectivity index is 0.00000106. The highest BCUT2D eigenvalue weighted by Gasteiger charge is 2.34. The molecule has 1 aliphatic heterocycles. The molecule has 1 unspecified atom stereocenters. The van der Waals surface area contributed by atoms with Gasteiger partial charge in [0.15, 0.2) is 0 Å². The zero-order valence-corrected chi connectivity index (χ0v) is 14.5. The molecule has 0 aromatic carbocycles. The van der Waals surface area contributed by atoms with E-state index in [0.717, 1.165) is 31.6 Å². The topological polar surface area (TPSA) is 38.3 Å². The first-order chi connectivity index (χ1) is 10.2. The van der Waals surface area contributed by atoms with E-state index in [1.165, 1.54) is 32.1 Å². The minimum Gasteiger partial charge on any atom is -0.375 e. The summed E-state index contributed by atoms with van der Waals surface area (Å²) in [6.07, 6.45) is 11.8. The van der Waals surface area contributed by atoms with Gasteiger partial charge in [0.2, 0.25) is 5.91 Å². The maximum absolute atomic E-state index is 11.3. The van der Waals surface area contributed by atoms with Gasteiger partial charge >= 0.3 is 0 Å². The molecular formula is C18H35NO2. The molecule has 1 N–H and O–H groups in total. The van der Waals surface area contributed by atoms with Gasteiger partial charge in [-0.25, -0.2) is 0 Å². The van der Waals surface area contributed by atoms with Crippen molar-refractivity contribution in [3.8, 4) is 0 Å². The lowest BCUT2D eigenvalue weighted by Gasteiger charge is -2.40. The first-order valence-corrected chi connectivity index (χ1v) is 9.11. The molecule has 3 atom stereocenters. The predicted molar refractivity (Wildman–Crippen MR) is 88.3 cm³/mol. The number of amides is 1. The molecule has 0 aromatic heterocycles. The molecule has 1 saturated carbocycles. The third kappa shape index (κ3) is 6.37. The lowest BCUT2D eigenvalue weighted by molar-refractivity contribution is -0.124. The number of hydrogen-bond acceptors (Lipinski definition) is 2. The smallest absolute Gasteiger partial charge is 0.217 e. The molecule has 0 spiro atoms. The van der Waals surface area contributed by atoms with E-state index < -0.39 is 0 Å². The second-order valence-electron chi connectivity index (χ2n) is 6.35. The van der Waals surface area contributed by atoms with Gasteiger partial charge in [-0.1, -0.05) is 46.5 Å². The first-order valence-electron chi connectivity index (χ1n) is 9.11. The Morgan fingerprint density at radius 2 is 1.81 bits per heavy atom. The second-order valence-corrected chi connectivity index (χ2v) is 6.35. The van der Waals surface area contributed by atoms with Gasteiger partial charge < -0.3 is 10.1 Å². The summed E-state index contributed by atoms with van der Waals surface area (Å²) in [6.45, 7) is 7.83. The molecule has 0 aromatic rings. The fourth-order valence-corrected chi connectivity index (χ4v) is 3.77. The van der Waals surface area contributed by atoms with Crippen molar-refractivity contribution in [1.29, 1.82) is 0 Å². The summed E-state index contributed by atoms with van der Waals surface area (Å²) in [5.74, 6) is 0.828. The third-order valence-corrected chi connectivity index (χ3v) is 4.63. The number of carbonyl (C=O) groups excluding carboxylic acids is 1. The van der Waals surface area contributed by atoms with E-state index in [1.807, 2.05) is 13.8 Å². The largest absolute Gasteiger partial charge is 0.375 e. The normalized spacial score (nSPS) is 30.2. The highest BCUT2D eigenvalue weighted by atomic mass is 16.5. The molecule has 1 aliphatic carbocycles. The molecular weight excluding hydrogens is 262 g/mol. The summed E-state index contributed by atoms with van der Waals surface area (Å²) in [5, 5.41) is 3.12. The van der Waals surface area contributed by atoms with Crippen LogP contribution in [0, 0.1) is 5.92 Å². The number of nitrogens with one attached hydrogen (secondary N) is 1. The quantitative estimate of drug-likeness (QED) is 0.832. The van der Waals surface area contributed by atoms with E-state index in [2.05, 4.69) is 12.2 Å². The first kappa shape index (κ1) is 18.5. The van der Waals surface area contributed by atoms with E-state index in [9.17, 15) is 4.79 Å². The van der Waals surface area contributed by atoms with Gasteiger partial charge in [-0.2, -0.15) is 0 Å². The Kier molecular flexibility index (Phi) is 8.98. The van der Waals surface area contributed by atoms with Crippen LogP contribution in [0.5, 0.6) is 0 Å². The van der Waals surface area contributed by atoms with E-state index in [4.69, 9.17) is 4.74 Å². The Morgan fingerprint density at radius 1 is 1.14 bits per heavy atom. The summed E-state index contributed by atoms with van der Waals surface area (Å²) >= 11 is 0. The van der Waals surface area contributed by atoms with Crippen LogP contribution in [0.15, 0.2) is 0 Å². The van der Waals surface area contributed by atoms with Gasteiger partial charge in [0, 0.05) is 13.0 Å². The van der Waals surface area contributed by atoms with Gasteiger partial charge in [0.25, 0.3) is 0 Å². The van der Waals surface area contributed by atoms with Crippen LogP contribution in [0.3, 0.4) is 0 Å². The van der Waals surface area contributed by atoms with E-state index in [1.54, 1.807) is 6.92 Å². The molecule has 1 saturated heterocycles. The van der Waals surface area contributed by atoms with Crippen LogP contribution < -0.4 is 5.32 Å². The molecule has 1 heterocycles. The summed E-state index contributed by atoms with van der Waals surface area (Å²) in [4.78, 5) is 11.3. The van der Waals surface area contributed by atoms with Gasteiger partial charge in [-0.15, -0.1) is 0 Å². The van der Waals surface area contributed by atoms with Crippen molar-refractivity contribution in [2.75, 3.05) is 0 Å². The van der Waals surface area contributed by atoms with Crippen LogP contribution in [0.2, 0.25) is 0 Å². The molecule has 2 fully saturated rings. The van der Waals surface area contributed by atoms with Crippen molar-refractivity contribution in [2.24, 2.45) is 5.92 Å². The van der Waals surface area contributed by atoms with Crippen LogP contribution in [0.25, 0.3) is 0 Å². The van der Waals surface area contributed by atoms with Crippen molar-refractivity contribution in [1.82, 2.24) is 5.32 Å². The van der Waals surface area contributed by atoms with Crippen LogP contribution >= 0.6 is 0 Å². The molecule has 21 heavy (non-hydrogen) atoms. The molecule has 0 bridgehead atoms. The number of carbonyl (C=O) groups is 1. The molecule has 3 heteroatoms. The van der Waals surface area contributed by atoms with Gasteiger partial charge in [0.1, 0.15) is 0 Å². The van der Waals surface area contributed by atoms with Crippen molar-refractivity contribution in [3.63, 3.8) is 0 Å². The van der Waals surface area contributed by atoms with Crippen molar-refractivity contribution in [3.05, 3.63) is 0 Å². The lowest BCUT2D eigenvalue weighted by Crippen LogP contribution is -2.47. The molecule has 3 nitrogen and oxygen atoms in total. The molecule has 2 aliphatic rings. The average Bonchev–Trinajstić information content (AvgIpc) is 2.49. The minimum atomic E-state index is 0.101. The van der Waals surface area contributed by atoms with Crippen molar-refractivity contribution < 1.29 is 9.53 Å². The highest BCUT2D eigenvalue weighted by molar-refractivity contribution is 5.73. The number of ether oxygens (including phenoxy) is 1. The predicted octanol–water partition coefficient (Wildman–Crippen LogP) is 4.45. The highest BCUT2D eigenvalue weighted by Crippen LogP contribution is 2.34. The fraction of sp³-hybridized carbons (Fsp3) is 0.944. The summed E-state index contributed by atoms with van der Waals surface area (Å²) in [7, 11) is 0. The second kappa shape index (κ2) is 10.2. The summed E-state index contributed by atoms with van der Waals surface area (Å²) in [6, 6.07) is 0.328. The minimum absolute atomic E-state index is 0.101. The lowest BCUT2D eigenvalue weighted by atomic mass is 9.81.